The number of rotatable bonds is 11. The van der Waals surface area contributed by atoms with E-state index in [-0.39, 0.29) is 5.91 Å². The van der Waals surface area contributed by atoms with Gasteiger partial charge < -0.3 is 24.3 Å². The van der Waals surface area contributed by atoms with Gasteiger partial charge in [-0.2, -0.15) is 0 Å². The van der Waals surface area contributed by atoms with Crippen molar-refractivity contribution in [3.8, 4) is 0 Å². The number of hydrogen-bond acceptors (Lipinski definition) is 5. The largest absolute Gasteiger partial charge is 0.385 e. The Morgan fingerprint density at radius 2 is 2.19 bits per heavy atom. The van der Waals surface area contributed by atoms with Crippen LogP contribution >= 0.6 is 0 Å². The average molecular weight is 379 g/mol. The molecule has 1 saturated carbocycles. The van der Waals surface area contributed by atoms with Gasteiger partial charge >= 0.3 is 0 Å². The predicted octanol–water partition coefficient (Wildman–Crippen LogP) is 1.82. The van der Waals surface area contributed by atoms with E-state index in [4.69, 9.17) is 9.47 Å². The lowest BCUT2D eigenvalue weighted by Crippen LogP contribution is -2.40. The third-order valence-electron chi connectivity index (χ3n) is 5.99. The van der Waals surface area contributed by atoms with Gasteiger partial charge in [0.25, 0.3) is 0 Å². The first-order valence-corrected chi connectivity index (χ1v) is 10.3. The van der Waals surface area contributed by atoms with Crippen LogP contribution in [0.5, 0.6) is 0 Å². The van der Waals surface area contributed by atoms with Crippen molar-refractivity contribution in [2.24, 2.45) is 5.41 Å². The molecule has 1 amide bonds. The number of carbonyl (C=O) groups is 1. The van der Waals surface area contributed by atoms with Crippen LogP contribution in [0.15, 0.2) is 12.4 Å². The first kappa shape index (κ1) is 20.3. The number of amides is 1. The molecule has 1 aromatic heterocycles. The van der Waals surface area contributed by atoms with Gasteiger partial charge in [-0.25, -0.2) is 4.98 Å². The van der Waals surface area contributed by atoms with Gasteiger partial charge in [0, 0.05) is 45.3 Å². The first-order valence-electron chi connectivity index (χ1n) is 10.3. The molecule has 1 saturated heterocycles. The Morgan fingerprint density at radius 3 is 2.93 bits per heavy atom. The molecule has 1 N–H and O–H groups in total. The smallest absolute Gasteiger partial charge is 0.225 e. The van der Waals surface area contributed by atoms with Crippen molar-refractivity contribution >= 4 is 5.91 Å². The van der Waals surface area contributed by atoms with Gasteiger partial charge in [-0.3, -0.25) is 4.79 Å². The molecule has 27 heavy (non-hydrogen) atoms. The standard InChI is InChI=1S/C20H34N4O3/c1-3-23-11-10-22-18(23)16-24(17-15-20(17)6-8-21-9-7-20)19(25)5-14-27-13-4-12-26-2/h10-11,17,21H,3-9,12-16H2,1-2H3. The Bertz CT molecular complexity index is 598. The van der Waals surface area contributed by atoms with Crippen molar-refractivity contribution in [2.75, 3.05) is 40.0 Å². The van der Waals surface area contributed by atoms with Crippen LogP contribution in [-0.2, 0) is 27.4 Å². The summed E-state index contributed by atoms with van der Waals surface area (Å²) in [5.74, 6) is 1.16. The highest BCUT2D eigenvalue weighted by molar-refractivity contribution is 5.77. The van der Waals surface area contributed by atoms with Gasteiger partial charge in [-0.1, -0.05) is 0 Å². The van der Waals surface area contributed by atoms with Gasteiger partial charge in [-0.05, 0) is 51.1 Å². The van der Waals surface area contributed by atoms with Crippen molar-refractivity contribution in [3.63, 3.8) is 0 Å². The van der Waals surface area contributed by atoms with E-state index >= 15 is 0 Å². The molecule has 1 aliphatic heterocycles. The Labute approximate surface area is 162 Å². The van der Waals surface area contributed by atoms with Crippen molar-refractivity contribution < 1.29 is 14.3 Å². The fraction of sp³-hybridized carbons (Fsp3) is 0.800. The van der Waals surface area contributed by atoms with E-state index in [9.17, 15) is 4.79 Å². The van der Waals surface area contributed by atoms with Crippen LogP contribution in [-0.4, -0.2) is 66.4 Å². The second kappa shape index (κ2) is 9.66. The maximum Gasteiger partial charge on any atom is 0.225 e. The maximum absolute atomic E-state index is 13.0. The summed E-state index contributed by atoms with van der Waals surface area (Å²) in [6.07, 6.45) is 8.57. The summed E-state index contributed by atoms with van der Waals surface area (Å²) in [5, 5.41) is 3.44. The number of methoxy groups -OCH3 is 1. The number of aryl methyl sites for hydroxylation is 1. The average Bonchev–Trinajstić information content (AvgIpc) is 3.15. The Balaban J connectivity index is 1.59. The van der Waals surface area contributed by atoms with Crippen LogP contribution in [0.3, 0.4) is 0 Å². The second-order valence-corrected chi connectivity index (χ2v) is 7.69. The molecule has 1 atom stereocenters. The Morgan fingerprint density at radius 1 is 1.37 bits per heavy atom. The number of ether oxygens (including phenoxy) is 2. The molecule has 2 heterocycles. The minimum Gasteiger partial charge on any atom is -0.385 e. The zero-order valence-electron chi connectivity index (χ0n) is 16.8. The van der Waals surface area contributed by atoms with Crippen LogP contribution in [0.4, 0.5) is 0 Å². The molecule has 2 fully saturated rings. The third kappa shape index (κ3) is 5.09. The molecular formula is C20H34N4O3. The highest BCUT2D eigenvalue weighted by Gasteiger charge is 2.57. The SMILES string of the molecule is CCn1ccnc1CN(C(=O)CCOCCCOC)C1CC12CCNCC2. The number of imidazole rings is 1. The van der Waals surface area contributed by atoms with Crippen LogP contribution in [0.25, 0.3) is 0 Å². The molecule has 1 aromatic rings. The van der Waals surface area contributed by atoms with E-state index in [2.05, 4.69) is 26.7 Å². The summed E-state index contributed by atoms with van der Waals surface area (Å²) in [7, 11) is 1.69. The number of aromatic nitrogens is 2. The topological polar surface area (TPSA) is 68.6 Å². The number of piperidine rings is 1. The van der Waals surface area contributed by atoms with Gasteiger partial charge in [0.05, 0.1) is 19.6 Å². The molecule has 1 unspecified atom stereocenters. The van der Waals surface area contributed by atoms with E-state index in [1.54, 1.807) is 7.11 Å². The molecular weight excluding hydrogens is 344 g/mol. The summed E-state index contributed by atoms with van der Waals surface area (Å²) in [6, 6.07) is 0.350. The molecule has 0 radical (unpaired) electrons. The van der Waals surface area contributed by atoms with Crippen molar-refractivity contribution in [2.45, 2.75) is 58.2 Å². The quantitative estimate of drug-likeness (QED) is 0.595. The minimum atomic E-state index is 0.188. The van der Waals surface area contributed by atoms with Gasteiger partial charge in [-0.15, -0.1) is 0 Å². The number of nitrogens with one attached hydrogen (secondary N) is 1. The zero-order valence-corrected chi connectivity index (χ0v) is 16.8. The summed E-state index contributed by atoms with van der Waals surface area (Å²) in [6.45, 7) is 7.51. The van der Waals surface area contributed by atoms with E-state index in [0.29, 0.717) is 44.2 Å². The molecule has 2 aliphatic rings. The molecule has 7 heteroatoms. The zero-order chi connectivity index (χ0) is 19.1. The monoisotopic (exact) mass is 378 g/mol. The van der Waals surface area contributed by atoms with E-state index in [0.717, 1.165) is 51.1 Å². The third-order valence-corrected chi connectivity index (χ3v) is 5.99. The number of carbonyl (C=O) groups excluding carboxylic acids is 1. The van der Waals surface area contributed by atoms with Crippen molar-refractivity contribution in [1.29, 1.82) is 0 Å². The molecule has 0 bridgehead atoms. The summed E-state index contributed by atoms with van der Waals surface area (Å²) < 4.78 is 12.8. The summed E-state index contributed by atoms with van der Waals surface area (Å²) >= 11 is 0. The van der Waals surface area contributed by atoms with Crippen LogP contribution < -0.4 is 5.32 Å². The molecule has 1 aliphatic carbocycles. The Kier molecular flexibility index (Phi) is 7.26. The van der Waals surface area contributed by atoms with Gasteiger partial charge in [0.15, 0.2) is 0 Å². The van der Waals surface area contributed by atoms with E-state index in [1.807, 2.05) is 12.4 Å². The molecule has 3 rings (SSSR count). The van der Waals surface area contributed by atoms with E-state index < -0.39 is 0 Å². The normalized spacial score (nSPS) is 20.7. The molecule has 152 valence electrons. The Hall–Kier alpha value is -1.44. The van der Waals surface area contributed by atoms with Gasteiger partial charge in [0.1, 0.15) is 5.82 Å². The van der Waals surface area contributed by atoms with Crippen molar-refractivity contribution in [1.82, 2.24) is 19.8 Å². The molecule has 1 spiro atoms. The number of nitrogens with zero attached hydrogens (tertiary/aromatic N) is 3. The summed E-state index contributed by atoms with van der Waals surface area (Å²) in [4.78, 5) is 19.6. The fourth-order valence-corrected chi connectivity index (χ4v) is 4.24. The van der Waals surface area contributed by atoms with Crippen LogP contribution in [0.2, 0.25) is 0 Å². The predicted molar refractivity (Wildman–Crippen MR) is 103 cm³/mol. The van der Waals surface area contributed by atoms with E-state index in [1.165, 1.54) is 0 Å². The van der Waals surface area contributed by atoms with Crippen LogP contribution in [0.1, 0.15) is 44.9 Å². The lowest BCUT2D eigenvalue weighted by Gasteiger charge is -2.29. The lowest BCUT2D eigenvalue weighted by atomic mass is 9.93. The van der Waals surface area contributed by atoms with Crippen LogP contribution in [0, 0.1) is 5.41 Å². The summed E-state index contributed by atoms with van der Waals surface area (Å²) in [5.41, 5.74) is 0.323. The first-order chi connectivity index (χ1) is 13.2. The highest BCUT2D eigenvalue weighted by Crippen LogP contribution is 2.56. The highest BCUT2D eigenvalue weighted by atomic mass is 16.5. The maximum atomic E-state index is 13.0. The minimum absolute atomic E-state index is 0.188. The lowest BCUT2D eigenvalue weighted by molar-refractivity contribution is -0.134. The molecule has 0 aromatic carbocycles. The van der Waals surface area contributed by atoms with Crippen molar-refractivity contribution in [3.05, 3.63) is 18.2 Å². The fourth-order valence-electron chi connectivity index (χ4n) is 4.24. The second-order valence-electron chi connectivity index (χ2n) is 7.69. The number of hydrogen-bond donors (Lipinski definition) is 1. The van der Waals surface area contributed by atoms with Gasteiger partial charge in [0.2, 0.25) is 5.91 Å². The molecule has 7 nitrogen and oxygen atoms in total.